The third-order valence-electron chi connectivity index (χ3n) is 7.44. The van der Waals surface area contributed by atoms with Gasteiger partial charge < -0.3 is 9.80 Å². The number of aromatic nitrogens is 2. The molecule has 0 spiro atoms. The number of nitrogens with zero attached hydrogens (tertiary/aromatic N) is 4. The molecule has 28 heavy (non-hydrogen) atoms. The fraction of sp³-hybridized carbons (Fsp3) is 0.667. The Labute approximate surface area is 177 Å². The summed E-state index contributed by atoms with van der Waals surface area (Å²) < 4.78 is 0.239. The molecule has 5 nitrogen and oxygen atoms in total. The predicted octanol–water partition coefficient (Wildman–Crippen LogP) is 4.07. The van der Waals surface area contributed by atoms with E-state index in [4.69, 9.17) is 4.98 Å². The molecule has 2 aromatic heterocycles. The van der Waals surface area contributed by atoms with Crippen LogP contribution in [0.1, 0.15) is 38.5 Å². The monoisotopic (exact) mass is 460 g/mol. The molecule has 2 unspecified atom stereocenters. The number of alkyl halides is 1. The number of pyridine rings is 1. The fourth-order valence-electron chi connectivity index (χ4n) is 6.73. The van der Waals surface area contributed by atoms with Crippen molar-refractivity contribution in [1.82, 2.24) is 14.9 Å². The van der Waals surface area contributed by atoms with Gasteiger partial charge in [0.25, 0.3) is 0 Å². The molecule has 4 saturated carbocycles. The van der Waals surface area contributed by atoms with E-state index in [1.165, 1.54) is 19.3 Å². The van der Waals surface area contributed by atoms with Crippen molar-refractivity contribution in [2.24, 2.45) is 17.3 Å². The minimum atomic E-state index is -0.0878. The van der Waals surface area contributed by atoms with Crippen LogP contribution in [0.3, 0.4) is 0 Å². The minimum Gasteiger partial charge on any atom is -0.344 e. The van der Waals surface area contributed by atoms with Crippen molar-refractivity contribution in [3.63, 3.8) is 0 Å². The lowest BCUT2D eigenvalue weighted by Gasteiger charge is -2.60. The number of hydrogen-bond acceptors (Lipinski definition) is 5. The van der Waals surface area contributed by atoms with Crippen molar-refractivity contribution < 1.29 is 4.79 Å². The van der Waals surface area contributed by atoms with Gasteiger partial charge in [0.1, 0.15) is 10.3 Å². The molecule has 5 aliphatic rings. The van der Waals surface area contributed by atoms with Crippen molar-refractivity contribution >= 4 is 48.7 Å². The van der Waals surface area contributed by atoms with E-state index >= 15 is 0 Å². The Morgan fingerprint density at radius 2 is 1.89 bits per heavy atom. The highest BCUT2D eigenvalue weighted by Crippen LogP contribution is 2.64. The van der Waals surface area contributed by atoms with E-state index in [-0.39, 0.29) is 9.74 Å². The molecule has 2 aromatic rings. The highest BCUT2D eigenvalue weighted by Gasteiger charge is 2.60. The molecule has 148 valence electrons. The van der Waals surface area contributed by atoms with E-state index in [2.05, 4.69) is 30.7 Å². The maximum absolute atomic E-state index is 13.6. The summed E-state index contributed by atoms with van der Waals surface area (Å²) in [4.78, 5) is 28.3. The van der Waals surface area contributed by atoms with Crippen molar-refractivity contribution in [2.45, 2.75) is 42.8 Å². The van der Waals surface area contributed by atoms with Gasteiger partial charge in [-0.1, -0.05) is 27.3 Å². The maximum atomic E-state index is 13.6. The van der Waals surface area contributed by atoms with Crippen LogP contribution in [0, 0.1) is 17.3 Å². The van der Waals surface area contributed by atoms with Crippen LogP contribution in [0.25, 0.3) is 10.3 Å². The molecule has 7 heteroatoms. The molecule has 5 fully saturated rings. The Kier molecular flexibility index (Phi) is 3.87. The van der Waals surface area contributed by atoms with E-state index in [1.54, 1.807) is 11.3 Å². The summed E-state index contributed by atoms with van der Waals surface area (Å²) in [5, 5.41) is 1.04. The number of amides is 1. The molecular weight excluding hydrogens is 436 g/mol. The smallest absolute Gasteiger partial charge is 0.228 e. The van der Waals surface area contributed by atoms with Crippen molar-refractivity contribution in [1.29, 1.82) is 0 Å². The summed E-state index contributed by atoms with van der Waals surface area (Å²) in [6.07, 6.45) is 9.02. The molecule has 1 aliphatic heterocycles. The topological polar surface area (TPSA) is 49.3 Å². The van der Waals surface area contributed by atoms with Gasteiger partial charge in [0.15, 0.2) is 5.13 Å². The lowest BCUT2D eigenvalue weighted by atomic mass is 9.49. The molecule has 0 aromatic carbocycles. The highest BCUT2D eigenvalue weighted by atomic mass is 79.9. The summed E-state index contributed by atoms with van der Waals surface area (Å²) in [6, 6.07) is 3.95. The molecule has 7 rings (SSSR count). The van der Waals surface area contributed by atoms with Crippen LogP contribution in [-0.4, -0.2) is 51.3 Å². The Bertz CT molecular complexity index is 890. The average molecular weight is 461 g/mol. The van der Waals surface area contributed by atoms with Crippen LogP contribution in [0.5, 0.6) is 0 Å². The first-order valence-corrected chi connectivity index (χ1v) is 12.1. The summed E-state index contributed by atoms with van der Waals surface area (Å²) in [7, 11) is 0. The Morgan fingerprint density at radius 1 is 1.14 bits per heavy atom. The molecule has 3 heterocycles. The van der Waals surface area contributed by atoms with Crippen molar-refractivity contribution in [2.75, 3.05) is 31.1 Å². The third-order valence-corrected chi connectivity index (χ3v) is 9.40. The van der Waals surface area contributed by atoms with Crippen LogP contribution in [0.4, 0.5) is 5.13 Å². The minimum absolute atomic E-state index is 0.0878. The van der Waals surface area contributed by atoms with Gasteiger partial charge in [0.2, 0.25) is 5.91 Å². The average Bonchev–Trinajstić information content (AvgIpc) is 3.10. The zero-order valence-electron chi connectivity index (χ0n) is 15.9. The Hall–Kier alpha value is -1.21. The van der Waals surface area contributed by atoms with Gasteiger partial charge in [-0.05, 0) is 62.5 Å². The molecule has 0 N–H and O–H groups in total. The maximum Gasteiger partial charge on any atom is 0.228 e. The SMILES string of the molecule is O=C(N1CCN(c2nc3cccnc3s2)CC1)C12CC3CC(CC(Br)(C3)C1)C2. The molecule has 2 atom stereocenters. The summed E-state index contributed by atoms with van der Waals surface area (Å²) in [5.74, 6) is 1.94. The van der Waals surface area contributed by atoms with Crippen LogP contribution >= 0.6 is 27.3 Å². The van der Waals surface area contributed by atoms with Gasteiger partial charge >= 0.3 is 0 Å². The van der Waals surface area contributed by atoms with Gasteiger partial charge in [-0.2, -0.15) is 0 Å². The second kappa shape index (κ2) is 6.14. The molecule has 4 aliphatic carbocycles. The lowest BCUT2D eigenvalue weighted by molar-refractivity contribution is -0.155. The van der Waals surface area contributed by atoms with Gasteiger partial charge in [0, 0.05) is 36.7 Å². The fourth-order valence-corrected chi connectivity index (χ4v) is 9.14. The summed E-state index contributed by atoms with van der Waals surface area (Å²) in [5.41, 5.74) is 0.882. The van der Waals surface area contributed by atoms with E-state index in [9.17, 15) is 4.79 Å². The second-order valence-electron chi connectivity index (χ2n) is 9.50. The number of thiazole rings is 1. The van der Waals surface area contributed by atoms with Crippen LogP contribution in [0.2, 0.25) is 0 Å². The first kappa shape index (κ1) is 17.6. The Morgan fingerprint density at radius 3 is 2.57 bits per heavy atom. The number of rotatable bonds is 2. The number of carbonyl (C=O) groups excluding carboxylic acids is 1. The molecule has 1 amide bonds. The highest BCUT2D eigenvalue weighted by molar-refractivity contribution is 9.10. The predicted molar refractivity (Wildman–Crippen MR) is 115 cm³/mol. The summed E-state index contributed by atoms with van der Waals surface area (Å²) in [6.45, 7) is 3.37. The zero-order valence-corrected chi connectivity index (χ0v) is 18.3. The number of carbonyl (C=O) groups is 1. The summed E-state index contributed by atoms with van der Waals surface area (Å²) >= 11 is 5.70. The van der Waals surface area contributed by atoms with Crippen LogP contribution < -0.4 is 4.90 Å². The standard InChI is InChI=1S/C21H25BrN4OS/c22-21-11-14-8-15(12-21)10-20(9-14,13-21)18(27)25-4-6-26(7-5-25)19-24-16-2-1-3-23-17(16)28-19/h1-3,14-15H,4-13H2. The third kappa shape index (κ3) is 2.72. The molecule has 4 bridgehead atoms. The number of hydrogen-bond donors (Lipinski definition) is 0. The second-order valence-corrected chi connectivity index (χ2v) is 12.1. The molecule has 1 saturated heterocycles. The largest absolute Gasteiger partial charge is 0.344 e. The van der Waals surface area contributed by atoms with Gasteiger partial charge in [-0.3, -0.25) is 4.79 Å². The van der Waals surface area contributed by atoms with E-state index in [0.717, 1.165) is 72.8 Å². The normalized spacial score (nSPS) is 37.0. The van der Waals surface area contributed by atoms with Gasteiger partial charge in [-0.25, -0.2) is 9.97 Å². The number of anilines is 1. The van der Waals surface area contributed by atoms with Crippen LogP contribution in [-0.2, 0) is 4.79 Å². The van der Waals surface area contributed by atoms with Crippen molar-refractivity contribution in [3.05, 3.63) is 18.3 Å². The number of fused-ring (bicyclic) bond motifs is 1. The van der Waals surface area contributed by atoms with Gasteiger partial charge in [0.05, 0.1) is 5.41 Å². The van der Waals surface area contributed by atoms with E-state index < -0.39 is 0 Å². The first-order chi connectivity index (χ1) is 13.5. The lowest BCUT2D eigenvalue weighted by Crippen LogP contribution is -2.61. The van der Waals surface area contributed by atoms with E-state index in [0.29, 0.717) is 5.91 Å². The molecule has 0 radical (unpaired) electrons. The van der Waals surface area contributed by atoms with Crippen LogP contribution in [0.15, 0.2) is 18.3 Å². The van der Waals surface area contributed by atoms with Crippen molar-refractivity contribution in [3.8, 4) is 0 Å². The number of halogens is 1. The quantitative estimate of drug-likeness (QED) is 0.633. The van der Waals surface area contributed by atoms with E-state index in [1.807, 2.05) is 18.3 Å². The number of piperazine rings is 1. The first-order valence-electron chi connectivity index (χ1n) is 10.5. The zero-order chi connectivity index (χ0) is 18.9. The Balaban J connectivity index is 1.17. The van der Waals surface area contributed by atoms with Gasteiger partial charge in [-0.15, -0.1) is 0 Å². The molecular formula is C21H25BrN4OS.